The van der Waals surface area contributed by atoms with Crippen LogP contribution >= 0.6 is 0 Å². The van der Waals surface area contributed by atoms with Gasteiger partial charge in [-0.25, -0.2) is 0 Å². The zero-order chi connectivity index (χ0) is 20.0. The van der Waals surface area contributed by atoms with Crippen LogP contribution in [0.1, 0.15) is 135 Å². The van der Waals surface area contributed by atoms with Crippen molar-refractivity contribution < 1.29 is 14.6 Å². The van der Waals surface area contributed by atoms with Crippen molar-refractivity contribution in [1.82, 2.24) is 0 Å². The summed E-state index contributed by atoms with van der Waals surface area (Å²) in [5, 5.41) is 9.81. The van der Waals surface area contributed by atoms with E-state index in [9.17, 15) is 9.90 Å². The lowest BCUT2D eigenvalue weighted by Gasteiger charge is -2.09. The summed E-state index contributed by atoms with van der Waals surface area (Å²) in [4.78, 5) is 11.0. The summed E-state index contributed by atoms with van der Waals surface area (Å²) >= 11 is 0. The molecule has 1 N–H and O–H groups in total. The third-order valence-corrected chi connectivity index (χ3v) is 5.55. The Hall–Kier alpha value is -0.570. The molecule has 0 aliphatic carbocycles. The summed E-state index contributed by atoms with van der Waals surface area (Å²) in [6, 6.07) is 0. The number of aliphatic hydroxyl groups is 1. The molecule has 0 amide bonds. The minimum atomic E-state index is -0.347. The number of hydrogen-bond acceptors (Lipinski definition) is 3. The largest absolute Gasteiger partial charge is 0.469 e. The van der Waals surface area contributed by atoms with Gasteiger partial charge >= 0.3 is 5.97 Å². The number of esters is 1. The molecule has 0 spiro atoms. The highest BCUT2D eigenvalue weighted by Crippen LogP contribution is 2.15. The lowest BCUT2D eigenvalue weighted by molar-refractivity contribution is -0.141. The van der Waals surface area contributed by atoms with Gasteiger partial charge in [0.2, 0.25) is 0 Å². The molecule has 0 aliphatic heterocycles. The summed E-state index contributed by atoms with van der Waals surface area (Å²) in [5.74, 6) is -0.226. The van der Waals surface area contributed by atoms with Gasteiger partial charge in [0.1, 0.15) is 0 Å². The van der Waals surface area contributed by atoms with Gasteiger partial charge in [0.15, 0.2) is 0 Å². The van der Waals surface area contributed by atoms with Gasteiger partial charge in [-0.3, -0.25) is 4.79 Å². The predicted molar refractivity (Wildman–Crippen MR) is 116 cm³/mol. The van der Waals surface area contributed by atoms with Crippen LogP contribution in [-0.2, 0) is 9.53 Å². The van der Waals surface area contributed by atoms with Gasteiger partial charge in [-0.05, 0) is 12.8 Å². The minimum absolute atomic E-state index is 0.226. The van der Waals surface area contributed by atoms with Crippen LogP contribution in [-0.4, -0.2) is 24.3 Å². The maximum absolute atomic E-state index is 11.0. The topological polar surface area (TPSA) is 46.5 Å². The first kappa shape index (κ1) is 26.4. The second kappa shape index (κ2) is 21.7. The molecular weight excluding hydrogens is 336 g/mol. The van der Waals surface area contributed by atoms with Crippen LogP contribution in [0.4, 0.5) is 0 Å². The summed E-state index contributed by atoms with van der Waals surface area (Å²) in [6.07, 6.45) is 24.6. The number of rotatable bonds is 21. The molecule has 0 heterocycles. The maximum Gasteiger partial charge on any atom is 0.305 e. The van der Waals surface area contributed by atoms with Crippen molar-refractivity contribution in [1.29, 1.82) is 0 Å². The number of hydrogen-bond donors (Lipinski definition) is 1. The fourth-order valence-corrected chi connectivity index (χ4v) is 3.64. The molecule has 0 saturated heterocycles. The molecule has 0 fully saturated rings. The fraction of sp³-hybridized carbons (Fsp3) is 0.958. The first-order valence-electron chi connectivity index (χ1n) is 12.0. The number of ether oxygens (including phenoxy) is 1. The third kappa shape index (κ3) is 21.6. The van der Waals surface area contributed by atoms with E-state index < -0.39 is 0 Å². The minimum Gasteiger partial charge on any atom is -0.469 e. The van der Waals surface area contributed by atoms with Crippen molar-refractivity contribution in [2.24, 2.45) is 0 Å². The Labute approximate surface area is 169 Å². The van der Waals surface area contributed by atoms with Gasteiger partial charge in [-0.2, -0.15) is 0 Å². The number of carbonyl (C=O) groups excluding carboxylic acids is 1. The third-order valence-electron chi connectivity index (χ3n) is 5.55. The molecule has 162 valence electrons. The molecule has 0 bridgehead atoms. The SMILES string of the molecule is CCCCCCCCCCCCCCCCCCCC(O)CCC(=O)OC. The van der Waals surface area contributed by atoms with Crippen LogP contribution in [0.2, 0.25) is 0 Å². The molecule has 27 heavy (non-hydrogen) atoms. The molecule has 0 aromatic carbocycles. The Bertz CT molecular complexity index is 304. The fourth-order valence-electron chi connectivity index (χ4n) is 3.64. The van der Waals surface area contributed by atoms with Crippen molar-refractivity contribution >= 4 is 5.97 Å². The predicted octanol–water partition coefficient (Wildman–Crippen LogP) is 7.34. The van der Waals surface area contributed by atoms with E-state index in [1.165, 1.54) is 110 Å². The summed E-state index contributed by atoms with van der Waals surface area (Å²) in [5.41, 5.74) is 0. The standard InChI is InChI=1S/C24H48O3/c1-3-4-5-6-7-8-9-10-11-12-13-14-15-16-17-18-19-20-23(25)21-22-24(26)27-2/h23,25H,3-22H2,1-2H3. The van der Waals surface area contributed by atoms with Crippen molar-refractivity contribution in [3.63, 3.8) is 0 Å². The van der Waals surface area contributed by atoms with E-state index in [0.29, 0.717) is 12.8 Å². The van der Waals surface area contributed by atoms with Gasteiger partial charge < -0.3 is 9.84 Å². The van der Waals surface area contributed by atoms with E-state index in [4.69, 9.17) is 0 Å². The molecule has 0 rings (SSSR count). The molecule has 0 aliphatic rings. The number of carbonyl (C=O) groups is 1. The Morgan fingerprint density at radius 1 is 0.667 bits per heavy atom. The summed E-state index contributed by atoms with van der Waals surface area (Å²) in [7, 11) is 1.39. The van der Waals surface area contributed by atoms with E-state index in [1.807, 2.05) is 0 Å². The summed E-state index contributed by atoms with van der Waals surface area (Å²) < 4.78 is 4.59. The van der Waals surface area contributed by atoms with Crippen molar-refractivity contribution in [3.8, 4) is 0 Å². The number of unbranched alkanes of at least 4 members (excludes halogenated alkanes) is 16. The highest BCUT2D eigenvalue weighted by Gasteiger charge is 2.07. The van der Waals surface area contributed by atoms with Gasteiger partial charge in [0, 0.05) is 6.42 Å². The molecule has 1 unspecified atom stereocenters. The van der Waals surface area contributed by atoms with Crippen LogP contribution < -0.4 is 0 Å². The molecule has 3 nitrogen and oxygen atoms in total. The number of methoxy groups -OCH3 is 1. The van der Waals surface area contributed by atoms with Crippen LogP contribution in [0.15, 0.2) is 0 Å². The summed E-state index contributed by atoms with van der Waals surface area (Å²) in [6.45, 7) is 2.28. The van der Waals surface area contributed by atoms with Crippen molar-refractivity contribution in [3.05, 3.63) is 0 Å². The lowest BCUT2D eigenvalue weighted by atomic mass is 10.0. The van der Waals surface area contributed by atoms with Crippen molar-refractivity contribution in [2.75, 3.05) is 7.11 Å². The normalized spacial score (nSPS) is 12.3. The quantitative estimate of drug-likeness (QED) is 0.166. The highest BCUT2D eigenvalue weighted by molar-refractivity contribution is 5.69. The molecule has 0 radical (unpaired) electrons. The maximum atomic E-state index is 11.0. The molecule has 0 aromatic rings. The van der Waals surface area contributed by atoms with Gasteiger partial charge in [0.25, 0.3) is 0 Å². The van der Waals surface area contributed by atoms with E-state index in [-0.39, 0.29) is 12.1 Å². The van der Waals surface area contributed by atoms with Crippen LogP contribution in [0, 0.1) is 0 Å². The van der Waals surface area contributed by atoms with E-state index in [0.717, 1.165) is 12.8 Å². The van der Waals surface area contributed by atoms with Crippen molar-refractivity contribution in [2.45, 2.75) is 141 Å². The van der Waals surface area contributed by atoms with E-state index >= 15 is 0 Å². The van der Waals surface area contributed by atoms with Crippen LogP contribution in [0.3, 0.4) is 0 Å². The van der Waals surface area contributed by atoms with E-state index in [1.54, 1.807) is 0 Å². The van der Waals surface area contributed by atoms with Gasteiger partial charge in [0.05, 0.1) is 13.2 Å². The lowest BCUT2D eigenvalue weighted by Crippen LogP contribution is -2.10. The molecule has 3 heteroatoms. The Balaban J connectivity index is 3.11. The monoisotopic (exact) mass is 384 g/mol. The molecule has 1 atom stereocenters. The van der Waals surface area contributed by atoms with Crippen LogP contribution in [0.5, 0.6) is 0 Å². The average Bonchev–Trinajstić information content (AvgIpc) is 2.68. The van der Waals surface area contributed by atoms with Crippen LogP contribution in [0.25, 0.3) is 0 Å². The molecular formula is C24H48O3. The Morgan fingerprint density at radius 2 is 1.04 bits per heavy atom. The second-order valence-corrected chi connectivity index (χ2v) is 8.21. The highest BCUT2D eigenvalue weighted by atomic mass is 16.5. The average molecular weight is 385 g/mol. The second-order valence-electron chi connectivity index (χ2n) is 8.21. The van der Waals surface area contributed by atoms with Gasteiger partial charge in [-0.1, -0.05) is 116 Å². The zero-order valence-electron chi connectivity index (χ0n) is 18.5. The molecule has 0 aromatic heterocycles. The number of aliphatic hydroxyl groups excluding tert-OH is 1. The van der Waals surface area contributed by atoms with E-state index in [2.05, 4.69) is 11.7 Å². The first-order chi connectivity index (χ1) is 13.2. The Kier molecular flexibility index (Phi) is 21.3. The molecule has 0 saturated carbocycles. The Morgan fingerprint density at radius 3 is 1.41 bits per heavy atom. The first-order valence-corrected chi connectivity index (χ1v) is 12.0. The van der Waals surface area contributed by atoms with Gasteiger partial charge in [-0.15, -0.1) is 0 Å². The smallest absolute Gasteiger partial charge is 0.305 e. The zero-order valence-corrected chi connectivity index (χ0v) is 18.5.